The Kier molecular flexibility index (Phi) is 8.17. The number of hydrogen-bond acceptors (Lipinski definition) is 5. The Morgan fingerprint density at radius 1 is 0.944 bits per heavy atom. The first-order chi connectivity index (χ1) is 8.41. The monoisotopic (exact) mass is 258 g/mol. The second kappa shape index (κ2) is 9.15. The van der Waals surface area contributed by atoms with E-state index in [1.54, 1.807) is 0 Å². The van der Waals surface area contributed by atoms with Gasteiger partial charge in [0.15, 0.2) is 0 Å². The SMILES string of the molecule is CC(=O)CNC(=O)CCCCC(=O)NOC(C)=O. The molecule has 0 atom stereocenters. The molecule has 0 radical (unpaired) electrons. The van der Waals surface area contributed by atoms with E-state index in [2.05, 4.69) is 10.2 Å². The molecule has 0 bridgehead atoms. The minimum absolute atomic E-state index is 0.0335. The van der Waals surface area contributed by atoms with Crippen LogP contribution in [-0.2, 0) is 24.0 Å². The molecule has 0 saturated carbocycles. The number of Topliss-reactive ketones (excluding diaryl/α,β-unsaturated/α-hetero) is 1. The Hall–Kier alpha value is -1.92. The molecule has 102 valence electrons. The number of carbonyl (C=O) groups is 4. The molecule has 18 heavy (non-hydrogen) atoms. The summed E-state index contributed by atoms with van der Waals surface area (Å²) in [6.07, 6.45) is 1.46. The van der Waals surface area contributed by atoms with Gasteiger partial charge in [-0.15, -0.1) is 0 Å². The number of amides is 2. The van der Waals surface area contributed by atoms with E-state index in [4.69, 9.17) is 0 Å². The van der Waals surface area contributed by atoms with E-state index in [9.17, 15) is 19.2 Å². The van der Waals surface area contributed by atoms with Crippen molar-refractivity contribution in [1.29, 1.82) is 0 Å². The van der Waals surface area contributed by atoms with Gasteiger partial charge in [-0.1, -0.05) is 0 Å². The van der Waals surface area contributed by atoms with Crippen LogP contribution in [0, 0.1) is 0 Å². The summed E-state index contributed by atoms with van der Waals surface area (Å²) in [5, 5.41) is 2.45. The lowest BCUT2D eigenvalue weighted by Gasteiger charge is -2.04. The number of unbranched alkanes of at least 4 members (excludes halogenated alkanes) is 1. The lowest BCUT2D eigenvalue weighted by Crippen LogP contribution is -2.28. The van der Waals surface area contributed by atoms with E-state index in [0.29, 0.717) is 12.8 Å². The fraction of sp³-hybridized carbons (Fsp3) is 0.636. The van der Waals surface area contributed by atoms with Gasteiger partial charge in [-0.05, 0) is 19.8 Å². The van der Waals surface area contributed by atoms with Crippen LogP contribution in [0.5, 0.6) is 0 Å². The van der Waals surface area contributed by atoms with Gasteiger partial charge in [-0.25, -0.2) is 0 Å². The molecule has 0 aliphatic carbocycles. The molecule has 0 aromatic carbocycles. The lowest BCUT2D eigenvalue weighted by atomic mass is 10.2. The van der Waals surface area contributed by atoms with Gasteiger partial charge in [0.2, 0.25) is 5.91 Å². The predicted molar refractivity (Wildman–Crippen MR) is 62.1 cm³/mol. The van der Waals surface area contributed by atoms with Crippen LogP contribution in [0.2, 0.25) is 0 Å². The Bertz CT molecular complexity index is 295. The van der Waals surface area contributed by atoms with Crippen molar-refractivity contribution in [2.24, 2.45) is 0 Å². The van der Waals surface area contributed by atoms with Gasteiger partial charge in [0.1, 0.15) is 5.78 Å². The molecule has 0 unspecified atom stereocenters. The third-order valence-corrected chi connectivity index (χ3v) is 1.90. The van der Waals surface area contributed by atoms with Crippen molar-refractivity contribution in [3.8, 4) is 0 Å². The van der Waals surface area contributed by atoms with E-state index < -0.39 is 11.9 Å². The number of hydroxylamine groups is 1. The van der Waals surface area contributed by atoms with Crippen molar-refractivity contribution >= 4 is 23.6 Å². The number of ketones is 1. The average Bonchev–Trinajstić information content (AvgIpc) is 2.29. The Balaban J connectivity index is 3.49. The molecular weight excluding hydrogens is 240 g/mol. The van der Waals surface area contributed by atoms with Crippen LogP contribution < -0.4 is 10.8 Å². The first-order valence-corrected chi connectivity index (χ1v) is 5.64. The number of hydrogen-bond donors (Lipinski definition) is 2. The first kappa shape index (κ1) is 16.1. The maximum Gasteiger partial charge on any atom is 0.329 e. The van der Waals surface area contributed by atoms with E-state index in [0.717, 1.165) is 0 Å². The highest BCUT2D eigenvalue weighted by Crippen LogP contribution is 1.99. The molecule has 2 amide bonds. The molecule has 0 rings (SSSR count). The maximum atomic E-state index is 11.2. The highest BCUT2D eigenvalue weighted by molar-refractivity contribution is 5.84. The Labute approximate surface area is 105 Å². The number of nitrogens with one attached hydrogen (secondary N) is 2. The zero-order valence-corrected chi connectivity index (χ0v) is 10.6. The topological polar surface area (TPSA) is 102 Å². The minimum Gasteiger partial charge on any atom is -0.349 e. The quantitative estimate of drug-likeness (QED) is 0.488. The molecule has 0 saturated heterocycles. The zero-order chi connectivity index (χ0) is 14.0. The molecule has 2 N–H and O–H groups in total. The van der Waals surface area contributed by atoms with Crippen molar-refractivity contribution in [1.82, 2.24) is 10.8 Å². The van der Waals surface area contributed by atoms with E-state index in [1.807, 2.05) is 5.48 Å². The second-order valence-electron chi connectivity index (χ2n) is 3.80. The van der Waals surface area contributed by atoms with Crippen LogP contribution >= 0.6 is 0 Å². The van der Waals surface area contributed by atoms with Gasteiger partial charge in [-0.3, -0.25) is 19.2 Å². The van der Waals surface area contributed by atoms with Crippen molar-refractivity contribution in [2.45, 2.75) is 39.5 Å². The third kappa shape index (κ3) is 10.6. The highest BCUT2D eigenvalue weighted by atomic mass is 16.7. The first-order valence-electron chi connectivity index (χ1n) is 5.64. The van der Waals surface area contributed by atoms with Crippen molar-refractivity contribution in [3.05, 3.63) is 0 Å². The summed E-state index contributed by atoms with van der Waals surface area (Å²) in [5.74, 6) is -1.32. The fourth-order valence-electron chi connectivity index (χ4n) is 1.06. The second-order valence-corrected chi connectivity index (χ2v) is 3.80. The Morgan fingerprint density at radius 2 is 1.50 bits per heavy atom. The van der Waals surface area contributed by atoms with Crippen molar-refractivity contribution < 1.29 is 24.0 Å². The molecular formula is C11H18N2O5. The summed E-state index contributed by atoms with van der Waals surface area (Å²) in [4.78, 5) is 47.5. The highest BCUT2D eigenvalue weighted by Gasteiger charge is 2.05. The van der Waals surface area contributed by atoms with Gasteiger partial charge < -0.3 is 10.2 Å². The summed E-state index contributed by atoms with van der Waals surface area (Å²) in [6, 6.07) is 0. The zero-order valence-electron chi connectivity index (χ0n) is 10.6. The van der Waals surface area contributed by atoms with Crippen LogP contribution in [0.1, 0.15) is 39.5 Å². The molecule has 0 aliphatic rings. The molecule has 0 aliphatic heterocycles. The molecule has 0 spiro atoms. The summed E-state index contributed by atoms with van der Waals surface area (Å²) >= 11 is 0. The van der Waals surface area contributed by atoms with Crippen LogP contribution in [0.4, 0.5) is 0 Å². The van der Waals surface area contributed by atoms with Gasteiger partial charge in [0.25, 0.3) is 5.91 Å². The predicted octanol–water partition coefficient (Wildman–Crippen LogP) is -0.154. The average molecular weight is 258 g/mol. The molecule has 0 fully saturated rings. The Morgan fingerprint density at radius 3 is 2.00 bits per heavy atom. The summed E-state index contributed by atoms with van der Waals surface area (Å²) in [6.45, 7) is 2.60. The normalized spacial score (nSPS) is 9.44. The molecule has 0 aromatic heterocycles. The lowest BCUT2D eigenvalue weighted by molar-refractivity contribution is -0.156. The van der Waals surface area contributed by atoms with Crippen LogP contribution in [-0.4, -0.2) is 30.1 Å². The molecule has 7 heteroatoms. The van der Waals surface area contributed by atoms with E-state index in [1.165, 1.54) is 13.8 Å². The fourth-order valence-corrected chi connectivity index (χ4v) is 1.06. The number of carbonyl (C=O) groups excluding carboxylic acids is 4. The number of rotatable bonds is 7. The summed E-state index contributed by atoms with van der Waals surface area (Å²) < 4.78 is 0. The van der Waals surface area contributed by atoms with Crippen LogP contribution in [0.15, 0.2) is 0 Å². The van der Waals surface area contributed by atoms with E-state index >= 15 is 0 Å². The van der Waals surface area contributed by atoms with Crippen molar-refractivity contribution in [2.75, 3.05) is 6.54 Å². The molecule has 0 heterocycles. The smallest absolute Gasteiger partial charge is 0.329 e. The van der Waals surface area contributed by atoms with Crippen LogP contribution in [0.3, 0.4) is 0 Å². The van der Waals surface area contributed by atoms with Gasteiger partial charge in [0.05, 0.1) is 6.54 Å². The third-order valence-electron chi connectivity index (χ3n) is 1.90. The maximum absolute atomic E-state index is 11.2. The van der Waals surface area contributed by atoms with Gasteiger partial charge >= 0.3 is 5.97 Å². The molecule has 7 nitrogen and oxygen atoms in total. The standard InChI is InChI=1S/C11H18N2O5/c1-8(14)7-12-10(16)5-3-4-6-11(17)13-18-9(2)15/h3-7H2,1-2H3,(H,12,16)(H,13,17). The van der Waals surface area contributed by atoms with Gasteiger partial charge in [-0.2, -0.15) is 5.48 Å². The summed E-state index contributed by atoms with van der Waals surface area (Å²) in [7, 11) is 0. The van der Waals surface area contributed by atoms with Crippen molar-refractivity contribution in [3.63, 3.8) is 0 Å². The van der Waals surface area contributed by atoms with E-state index in [-0.39, 0.29) is 31.1 Å². The van der Waals surface area contributed by atoms with Crippen LogP contribution in [0.25, 0.3) is 0 Å². The summed E-state index contributed by atoms with van der Waals surface area (Å²) in [5.41, 5.74) is 1.98. The minimum atomic E-state index is -0.591. The van der Waals surface area contributed by atoms with Gasteiger partial charge in [0, 0.05) is 19.8 Å². The largest absolute Gasteiger partial charge is 0.349 e. The molecule has 0 aromatic rings.